The summed E-state index contributed by atoms with van der Waals surface area (Å²) in [5, 5.41) is 9.51. The molecule has 0 radical (unpaired) electrons. The van der Waals surface area contributed by atoms with Crippen LogP contribution in [-0.4, -0.2) is 17.9 Å². The summed E-state index contributed by atoms with van der Waals surface area (Å²) in [6.45, 7) is 1.46. The number of hydrogen-bond acceptors (Lipinski definition) is 2. The number of aliphatic hydroxyl groups excluding tert-OH is 1. The van der Waals surface area contributed by atoms with Crippen LogP contribution >= 0.6 is 0 Å². The number of alkyl halides is 3. The molecule has 0 aliphatic rings. The predicted molar refractivity (Wildman–Crippen MR) is 57.9 cm³/mol. The second-order valence-electron chi connectivity index (χ2n) is 3.71. The molecule has 0 saturated heterocycles. The van der Waals surface area contributed by atoms with Crippen LogP contribution in [0.4, 0.5) is 13.2 Å². The van der Waals surface area contributed by atoms with Gasteiger partial charge in [-0.1, -0.05) is 19.1 Å². The molecule has 1 atom stereocenters. The number of benzene rings is 1. The Morgan fingerprint density at radius 3 is 2.29 bits per heavy atom. The number of halogens is 3. The third-order valence-electron chi connectivity index (χ3n) is 2.31. The van der Waals surface area contributed by atoms with Crippen molar-refractivity contribution in [3.05, 3.63) is 29.8 Å². The Morgan fingerprint density at radius 1 is 1.24 bits per heavy atom. The van der Waals surface area contributed by atoms with Crippen molar-refractivity contribution in [2.45, 2.75) is 32.0 Å². The van der Waals surface area contributed by atoms with Crippen molar-refractivity contribution in [1.29, 1.82) is 0 Å². The first-order valence-corrected chi connectivity index (χ1v) is 5.40. The van der Waals surface area contributed by atoms with E-state index in [1.165, 1.54) is 0 Å². The van der Waals surface area contributed by atoms with Gasteiger partial charge in [0.2, 0.25) is 0 Å². The maximum absolute atomic E-state index is 11.9. The van der Waals surface area contributed by atoms with E-state index in [0.29, 0.717) is 12.2 Å². The summed E-state index contributed by atoms with van der Waals surface area (Å²) < 4.78 is 40.5. The second kappa shape index (κ2) is 5.91. The SMILES string of the molecule is CCC(O)c1ccc(OCCC(F)(F)F)cc1. The summed E-state index contributed by atoms with van der Waals surface area (Å²) in [7, 11) is 0. The Hall–Kier alpha value is -1.23. The normalized spacial score (nSPS) is 13.5. The third kappa shape index (κ3) is 5.08. The smallest absolute Gasteiger partial charge is 0.392 e. The van der Waals surface area contributed by atoms with Gasteiger partial charge >= 0.3 is 6.18 Å². The van der Waals surface area contributed by atoms with Gasteiger partial charge in [-0.05, 0) is 24.1 Å². The van der Waals surface area contributed by atoms with Gasteiger partial charge < -0.3 is 9.84 Å². The molecule has 0 aliphatic carbocycles. The van der Waals surface area contributed by atoms with Gasteiger partial charge in [0.1, 0.15) is 5.75 Å². The summed E-state index contributed by atoms with van der Waals surface area (Å²) in [6.07, 6.45) is -5.11. The quantitative estimate of drug-likeness (QED) is 0.864. The topological polar surface area (TPSA) is 29.5 Å². The lowest BCUT2D eigenvalue weighted by Gasteiger charge is -2.11. The van der Waals surface area contributed by atoms with E-state index in [-0.39, 0.29) is 6.61 Å². The second-order valence-corrected chi connectivity index (χ2v) is 3.71. The highest BCUT2D eigenvalue weighted by Gasteiger charge is 2.26. The zero-order chi connectivity index (χ0) is 12.9. The van der Waals surface area contributed by atoms with Crippen LogP contribution in [0.25, 0.3) is 0 Å². The van der Waals surface area contributed by atoms with Crippen molar-refractivity contribution in [3.63, 3.8) is 0 Å². The third-order valence-corrected chi connectivity index (χ3v) is 2.31. The molecular formula is C12H15F3O2. The van der Waals surface area contributed by atoms with Crippen LogP contribution in [0.15, 0.2) is 24.3 Å². The fourth-order valence-electron chi connectivity index (χ4n) is 1.31. The van der Waals surface area contributed by atoms with Gasteiger partial charge in [-0.3, -0.25) is 0 Å². The van der Waals surface area contributed by atoms with Crippen LogP contribution in [-0.2, 0) is 0 Å². The molecule has 0 fully saturated rings. The summed E-state index contributed by atoms with van der Waals surface area (Å²) in [6, 6.07) is 6.42. The van der Waals surface area contributed by atoms with Crippen LogP contribution in [0.1, 0.15) is 31.4 Å². The molecular weight excluding hydrogens is 233 g/mol. The van der Waals surface area contributed by atoms with Gasteiger partial charge in [-0.2, -0.15) is 13.2 Å². The fourth-order valence-corrected chi connectivity index (χ4v) is 1.31. The molecule has 1 rings (SSSR count). The van der Waals surface area contributed by atoms with Crippen molar-refractivity contribution in [2.75, 3.05) is 6.61 Å². The first-order valence-electron chi connectivity index (χ1n) is 5.40. The molecule has 96 valence electrons. The van der Waals surface area contributed by atoms with Crippen molar-refractivity contribution in [2.24, 2.45) is 0 Å². The molecule has 1 unspecified atom stereocenters. The van der Waals surface area contributed by atoms with E-state index in [1.54, 1.807) is 24.3 Å². The fraction of sp³-hybridized carbons (Fsp3) is 0.500. The number of hydrogen-bond donors (Lipinski definition) is 1. The number of ether oxygens (including phenoxy) is 1. The number of rotatable bonds is 5. The van der Waals surface area contributed by atoms with E-state index < -0.39 is 18.7 Å². The first-order chi connectivity index (χ1) is 7.92. The van der Waals surface area contributed by atoms with Gasteiger partial charge in [0, 0.05) is 0 Å². The first kappa shape index (κ1) is 13.8. The largest absolute Gasteiger partial charge is 0.493 e. The molecule has 0 amide bonds. The molecule has 0 bridgehead atoms. The van der Waals surface area contributed by atoms with Gasteiger partial charge in [-0.15, -0.1) is 0 Å². The minimum atomic E-state index is -4.20. The Kier molecular flexibility index (Phi) is 4.81. The van der Waals surface area contributed by atoms with Crippen molar-refractivity contribution >= 4 is 0 Å². The van der Waals surface area contributed by atoms with Crippen LogP contribution in [0, 0.1) is 0 Å². The lowest BCUT2D eigenvalue weighted by atomic mass is 10.1. The van der Waals surface area contributed by atoms with Gasteiger partial charge in [-0.25, -0.2) is 0 Å². The Morgan fingerprint density at radius 2 is 1.82 bits per heavy atom. The number of aliphatic hydroxyl groups is 1. The zero-order valence-corrected chi connectivity index (χ0v) is 9.50. The molecule has 0 saturated carbocycles. The van der Waals surface area contributed by atoms with E-state index >= 15 is 0 Å². The lowest BCUT2D eigenvalue weighted by Crippen LogP contribution is -2.13. The summed E-state index contributed by atoms with van der Waals surface area (Å²) in [4.78, 5) is 0. The zero-order valence-electron chi connectivity index (χ0n) is 9.50. The van der Waals surface area contributed by atoms with E-state index in [1.807, 2.05) is 6.92 Å². The highest BCUT2D eigenvalue weighted by molar-refractivity contribution is 5.28. The monoisotopic (exact) mass is 248 g/mol. The molecule has 1 N–H and O–H groups in total. The minimum Gasteiger partial charge on any atom is -0.493 e. The summed E-state index contributed by atoms with van der Waals surface area (Å²) >= 11 is 0. The average Bonchev–Trinajstić information content (AvgIpc) is 2.27. The Balaban J connectivity index is 2.46. The molecule has 17 heavy (non-hydrogen) atoms. The summed E-state index contributed by atoms with van der Waals surface area (Å²) in [5.74, 6) is 0.376. The minimum absolute atomic E-state index is 0.376. The van der Waals surface area contributed by atoms with E-state index in [9.17, 15) is 18.3 Å². The lowest BCUT2D eigenvalue weighted by molar-refractivity contribution is -0.139. The molecule has 0 spiro atoms. The maximum atomic E-state index is 11.9. The van der Waals surface area contributed by atoms with Crippen molar-refractivity contribution in [1.82, 2.24) is 0 Å². The molecule has 5 heteroatoms. The van der Waals surface area contributed by atoms with Crippen LogP contribution < -0.4 is 4.74 Å². The predicted octanol–water partition coefficient (Wildman–Crippen LogP) is 3.46. The highest BCUT2D eigenvalue weighted by Crippen LogP contribution is 2.22. The molecule has 1 aromatic rings. The van der Waals surface area contributed by atoms with Crippen molar-refractivity contribution in [3.8, 4) is 5.75 Å². The molecule has 2 nitrogen and oxygen atoms in total. The average molecular weight is 248 g/mol. The van der Waals surface area contributed by atoms with Crippen molar-refractivity contribution < 1.29 is 23.0 Å². The standard InChI is InChI=1S/C12H15F3O2/c1-2-11(16)9-3-5-10(6-4-9)17-8-7-12(13,14)15/h3-6,11,16H,2,7-8H2,1H3. The van der Waals surface area contributed by atoms with E-state index in [0.717, 1.165) is 5.56 Å². The molecule has 0 aromatic heterocycles. The van der Waals surface area contributed by atoms with Gasteiger partial charge in [0.05, 0.1) is 19.1 Å². The molecule has 1 aromatic carbocycles. The summed E-state index contributed by atoms with van der Waals surface area (Å²) in [5.41, 5.74) is 0.732. The Bertz CT molecular complexity index is 333. The van der Waals surface area contributed by atoms with Crippen LogP contribution in [0.3, 0.4) is 0 Å². The van der Waals surface area contributed by atoms with Gasteiger partial charge in [0.25, 0.3) is 0 Å². The van der Waals surface area contributed by atoms with Crippen LogP contribution in [0.5, 0.6) is 5.75 Å². The molecule has 0 heterocycles. The van der Waals surface area contributed by atoms with Gasteiger partial charge in [0.15, 0.2) is 0 Å². The van der Waals surface area contributed by atoms with E-state index in [2.05, 4.69) is 0 Å². The Labute approximate surface area is 98.0 Å². The molecule has 0 aliphatic heterocycles. The van der Waals surface area contributed by atoms with Crippen LogP contribution in [0.2, 0.25) is 0 Å². The van der Waals surface area contributed by atoms with E-state index in [4.69, 9.17) is 4.74 Å². The maximum Gasteiger partial charge on any atom is 0.392 e. The highest BCUT2D eigenvalue weighted by atomic mass is 19.4.